The Balaban J connectivity index is 1.80. The first-order chi connectivity index (χ1) is 10.1. The zero-order valence-electron chi connectivity index (χ0n) is 13.9. The molecule has 0 bridgehead atoms. The zero-order valence-corrected chi connectivity index (χ0v) is 14.7. The van der Waals surface area contributed by atoms with Gasteiger partial charge in [-0.25, -0.2) is 4.98 Å². The van der Waals surface area contributed by atoms with E-state index >= 15 is 0 Å². The van der Waals surface area contributed by atoms with E-state index in [4.69, 9.17) is 4.98 Å². The van der Waals surface area contributed by atoms with Crippen molar-refractivity contribution in [3.05, 3.63) is 15.6 Å². The molecule has 1 aromatic rings. The van der Waals surface area contributed by atoms with Gasteiger partial charge in [0.15, 0.2) is 0 Å². The fourth-order valence-electron chi connectivity index (χ4n) is 4.23. The molecule has 1 aromatic heterocycles. The number of nitrogens with one attached hydrogen (secondary N) is 1. The van der Waals surface area contributed by atoms with Crippen molar-refractivity contribution < 1.29 is 0 Å². The minimum atomic E-state index is 0.174. The van der Waals surface area contributed by atoms with E-state index in [2.05, 4.69) is 26.1 Å². The first kappa shape index (κ1) is 15.5. The molecule has 0 spiro atoms. The molecule has 118 valence electrons. The van der Waals surface area contributed by atoms with Gasteiger partial charge in [-0.05, 0) is 64.7 Å². The third kappa shape index (κ3) is 3.19. The molecule has 1 N–H and O–H groups in total. The minimum absolute atomic E-state index is 0.174. The molecule has 0 aliphatic heterocycles. The second-order valence-corrected chi connectivity index (χ2v) is 8.44. The van der Waals surface area contributed by atoms with E-state index in [1.165, 1.54) is 68.5 Å². The Morgan fingerprint density at radius 1 is 1.29 bits per heavy atom. The first-order valence-electron chi connectivity index (χ1n) is 8.89. The average Bonchev–Trinajstić information content (AvgIpc) is 3.02. The molecule has 0 radical (unpaired) electrons. The lowest BCUT2D eigenvalue weighted by molar-refractivity contribution is 0.170. The summed E-state index contributed by atoms with van der Waals surface area (Å²) in [6, 6.07) is 0.534. The molecular weight excluding hydrogens is 276 g/mol. The summed E-state index contributed by atoms with van der Waals surface area (Å²) in [7, 11) is 0. The topological polar surface area (TPSA) is 24.9 Å². The molecule has 21 heavy (non-hydrogen) atoms. The Bertz CT molecular complexity index is 448. The van der Waals surface area contributed by atoms with Gasteiger partial charge in [0, 0.05) is 10.9 Å². The Labute approximate surface area is 133 Å². The van der Waals surface area contributed by atoms with Crippen molar-refractivity contribution in [1.82, 2.24) is 10.3 Å². The number of rotatable bonds is 5. The first-order valence-corrected chi connectivity index (χ1v) is 9.71. The van der Waals surface area contributed by atoms with E-state index in [9.17, 15) is 0 Å². The van der Waals surface area contributed by atoms with Crippen molar-refractivity contribution in [2.75, 3.05) is 0 Å². The van der Waals surface area contributed by atoms with Gasteiger partial charge in [0.05, 0.1) is 11.2 Å². The summed E-state index contributed by atoms with van der Waals surface area (Å²) in [5, 5.41) is 5.31. The highest BCUT2D eigenvalue weighted by Gasteiger charge is 2.40. The van der Waals surface area contributed by atoms with E-state index in [0.29, 0.717) is 6.04 Å². The predicted octanol–water partition coefficient (Wildman–Crippen LogP) is 4.82. The Kier molecular flexibility index (Phi) is 4.70. The van der Waals surface area contributed by atoms with Crippen LogP contribution in [0.25, 0.3) is 0 Å². The van der Waals surface area contributed by atoms with Crippen LogP contribution in [-0.2, 0) is 18.4 Å². The minimum Gasteiger partial charge on any atom is -0.303 e. The molecule has 2 aliphatic rings. The maximum atomic E-state index is 5.07. The van der Waals surface area contributed by atoms with Gasteiger partial charge in [-0.2, -0.15) is 0 Å². The predicted molar refractivity (Wildman–Crippen MR) is 91.0 cm³/mol. The largest absolute Gasteiger partial charge is 0.303 e. The maximum absolute atomic E-state index is 5.07. The SMILES string of the molecule is CCCC1CCC(NC(C)C)(c2nc3c(s2)CCC3)CC1. The molecule has 0 saturated heterocycles. The van der Waals surface area contributed by atoms with Gasteiger partial charge in [0.25, 0.3) is 0 Å². The summed E-state index contributed by atoms with van der Waals surface area (Å²) in [5.41, 5.74) is 1.59. The van der Waals surface area contributed by atoms with Crippen molar-refractivity contribution in [1.29, 1.82) is 0 Å². The Morgan fingerprint density at radius 3 is 2.67 bits per heavy atom. The zero-order chi connectivity index (χ0) is 14.9. The number of hydrogen-bond donors (Lipinski definition) is 1. The molecule has 1 fully saturated rings. The van der Waals surface area contributed by atoms with Gasteiger partial charge in [0.1, 0.15) is 5.01 Å². The normalized spacial score (nSPS) is 29.0. The molecule has 0 aromatic carbocycles. The molecule has 0 unspecified atom stereocenters. The maximum Gasteiger partial charge on any atom is 0.113 e. The van der Waals surface area contributed by atoms with Crippen LogP contribution in [0, 0.1) is 5.92 Å². The Morgan fingerprint density at radius 2 is 2.05 bits per heavy atom. The molecule has 1 saturated carbocycles. The number of aromatic nitrogens is 1. The second-order valence-electron chi connectivity index (χ2n) is 7.36. The quantitative estimate of drug-likeness (QED) is 0.844. The molecule has 2 nitrogen and oxygen atoms in total. The van der Waals surface area contributed by atoms with Crippen LogP contribution in [0.5, 0.6) is 0 Å². The van der Waals surface area contributed by atoms with E-state index in [1.807, 2.05) is 11.3 Å². The molecule has 2 aliphatic carbocycles. The molecule has 1 heterocycles. The van der Waals surface area contributed by atoms with Crippen LogP contribution in [0.15, 0.2) is 0 Å². The molecular formula is C18H30N2S. The van der Waals surface area contributed by atoms with Crippen LogP contribution in [0.2, 0.25) is 0 Å². The van der Waals surface area contributed by atoms with Gasteiger partial charge in [-0.3, -0.25) is 0 Å². The highest BCUT2D eigenvalue weighted by atomic mass is 32.1. The summed E-state index contributed by atoms with van der Waals surface area (Å²) in [6.07, 6.45) is 11.8. The third-order valence-electron chi connectivity index (χ3n) is 5.23. The number of fused-ring (bicyclic) bond motifs is 1. The van der Waals surface area contributed by atoms with Gasteiger partial charge < -0.3 is 5.32 Å². The van der Waals surface area contributed by atoms with Crippen LogP contribution >= 0.6 is 11.3 Å². The Hall–Kier alpha value is -0.410. The fourth-order valence-corrected chi connectivity index (χ4v) is 5.59. The summed E-state index contributed by atoms with van der Waals surface area (Å²) in [5.74, 6) is 0.948. The average molecular weight is 307 g/mol. The molecule has 0 atom stereocenters. The van der Waals surface area contributed by atoms with E-state index in [-0.39, 0.29) is 5.54 Å². The molecule has 3 rings (SSSR count). The van der Waals surface area contributed by atoms with E-state index < -0.39 is 0 Å². The highest BCUT2D eigenvalue weighted by molar-refractivity contribution is 7.12. The van der Waals surface area contributed by atoms with Crippen molar-refractivity contribution in [3.8, 4) is 0 Å². The fraction of sp³-hybridized carbons (Fsp3) is 0.833. The lowest BCUT2D eigenvalue weighted by atomic mass is 9.75. The number of hydrogen-bond acceptors (Lipinski definition) is 3. The molecule has 0 amide bonds. The third-order valence-corrected chi connectivity index (χ3v) is 6.59. The van der Waals surface area contributed by atoms with Gasteiger partial charge >= 0.3 is 0 Å². The van der Waals surface area contributed by atoms with Crippen molar-refractivity contribution >= 4 is 11.3 Å². The smallest absolute Gasteiger partial charge is 0.113 e. The highest BCUT2D eigenvalue weighted by Crippen LogP contribution is 2.44. The van der Waals surface area contributed by atoms with Crippen LogP contribution in [0.3, 0.4) is 0 Å². The monoisotopic (exact) mass is 306 g/mol. The number of nitrogens with zero attached hydrogens (tertiary/aromatic N) is 1. The van der Waals surface area contributed by atoms with Crippen molar-refractivity contribution in [3.63, 3.8) is 0 Å². The second kappa shape index (κ2) is 6.37. The van der Waals surface area contributed by atoms with Crippen LogP contribution in [0.1, 0.15) is 81.3 Å². The summed E-state index contributed by atoms with van der Waals surface area (Å²) in [6.45, 7) is 6.88. The van der Waals surface area contributed by atoms with Crippen LogP contribution in [0.4, 0.5) is 0 Å². The lowest BCUT2D eigenvalue weighted by Crippen LogP contribution is -2.48. The van der Waals surface area contributed by atoms with Gasteiger partial charge in [-0.15, -0.1) is 11.3 Å². The van der Waals surface area contributed by atoms with Crippen molar-refractivity contribution in [2.24, 2.45) is 5.92 Å². The number of aryl methyl sites for hydroxylation is 2. The summed E-state index contributed by atoms with van der Waals surface area (Å²) in [4.78, 5) is 6.64. The van der Waals surface area contributed by atoms with Crippen LogP contribution in [-0.4, -0.2) is 11.0 Å². The lowest BCUT2D eigenvalue weighted by Gasteiger charge is -2.41. The van der Waals surface area contributed by atoms with Gasteiger partial charge in [-0.1, -0.05) is 19.8 Å². The van der Waals surface area contributed by atoms with E-state index in [1.54, 1.807) is 4.88 Å². The van der Waals surface area contributed by atoms with Gasteiger partial charge in [0.2, 0.25) is 0 Å². The van der Waals surface area contributed by atoms with Crippen molar-refractivity contribution in [2.45, 2.75) is 90.1 Å². The molecule has 3 heteroatoms. The number of thiazole rings is 1. The standard InChI is InChI=1S/C18H30N2S/c1-4-6-14-9-11-18(12-10-14,20-13(2)3)17-19-15-7-5-8-16(15)21-17/h13-14,20H,4-12H2,1-3H3. The van der Waals surface area contributed by atoms with E-state index in [0.717, 1.165) is 5.92 Å². The summed E-state index contributed by atoms with van der Waals surface area (Å²) >= 11 is 2.01. The summed E-state index contributed by atoms with van der Waals surface area (Å²) < 4.78 is 0. The van der Waals surface area contributed by atoms with Crippen LogP contribution < -0.4 is 5.32 Å².